The van der Waals surface area contributed by atoms with Crippen molar-refractivity contribution in [3.63, 3.8) is 0 Å². The van der Waals surface area contributed by atoms with E-state index in [4.69, 9.17) is 13.9 Å². The molecule has 0 spiro atoms. The van der Waals surface area contributed by atoms with Crippen molar-refractivity contribution < 1.29 is 23.5 Å². The van der Waals surface area contributed by atoms with E-state index < -0.39 is 17.6 Å². The molecule has 1 aromatic heterocycles. The summed E-state index contributed by atoms with van der Waals surface area (Å²) in [6.45, 7) is 2.57. The minimum absolute atomic E-state index is 0.271. The lowest BCUT2D eigenvalue weighted by molar-refractivity contribution is -0.132. The highest BCUT2D eigenvalue weighted by Gasteiger charge is 2.11. The van der Waals surface area contributed by atoms with Gasteiger partial charge in [-0.05, 0) is 30.3 Å². The number of benzene rings is 2. The standard InChI is InChI=1S/C17H12O6/c1-9(18)21-11-3-5-13-14-6-4-12(22-10(2)19)8-16(14)23-17(20)15(13)7-11/h3-8H,1-2H3. The summed E-state index contributed by atoms with van der Waals surface area (Å²) in [5.74, 6) is -0.365. The van der Waals surface area contributed by atoms with Crippen LogP contribution in [0.25, 0.3) is 21.7 Å². The minimum Gasteiger partial charge on any atom is -0.427 e. The monoisotopic (exact) mass is 312 g/mol. The molecule has 0 amide bonds. The number of hydrogen-bond acceptors (Lipinski definition) is 6. The predicted octanol–water partition coefficient (Wildman–Crippen LogP) is 2.80. The lowest BCUT2D eigenvalue weighted by atomic mass is 10.1. The second kappa shape index (κ2) is 5.57. The van der Waals surface area contributed by atoms with Gasteiger partial charge in [0.15, 0.2) is 0 Å². The van der Waals surface area contributed by atoms with E-state index in [1.165, 1.54) is 26.0 Å². The lowest BCUT2D eigenvalue weighted by Gasteiger charge is -2.07. The Morgan fingerprint density at radius 1 is 0.826 bits per heavy atom. The molecule has 0 saturated heterocycles. The molecular weight excluding hydrogens is 300 g/mol. The molecule has 0 radical (unpaired) electrons. The van der Waals surface area contributed by atoms with Gasteiger partial charge in [0.2, 0.25) is 0 Å². The van der Waals surface area contributed by atoms with Crippen LogP contribution in [0, 0.1) is 0 Å². The summed E-state index contributed by atoms with van der Waals surface area (Å²) in [6, 6.07) is 9.54. The molecule has 0 saturated carbocycles. The van der Waals surface area contributed by atoms with E-state index in [9.17, 15) is 14.4 Å². The molecule has 1 heterocycles. The number of ether oxygens (including phenoxy) is 2. The topological polar surface area (TPSA) is 82.8 Å². The van der Waals surface area contributed by atoms with E-state index in [2.05, 4.69) is 0 Å². The van der Waals surface area contributed by atoms with Crippen molar-refractivity contribution in [2.45, 2.75) is 13.8 Å². The third-order valence-electron chi connectivity index (χ3n) is 3.18. The highest BCUT2D eigenvalue weighted by molar-refractivity contribution is 6.05. The molecule has 3 aromatic rings. The van der Waals surface area contributed by atoms with Crippen LogP contribution in [-0.2, 0) is 9.59 Å². The number of hydrogen-bond donors (Lipinski definition) is 0. The first-order valence-electron chi connectivity index (χ1n) is 6.81. The summed E-state index contributed by atoms with van der Waals surface area (Å²) in [7, 11) is 0. The fraction of sp³-hybridized carbons (Fsp3) is 0.118. The summed E-state index contributed by atoms with van der Waals surface area (Å²) >= 11 is 0. The van der Waals surface area contributed by atoms with Gasteiger partial charge in [-0.3, -0.25) is 9.59 Å². The van der Waals surface area contributed by atoms with Gasteiger partial charge in [0.05, 0.1) is 5.39 Å². The molecule has 6 heteroatoms. The third kappa shape index (κ3) is 2.91. The van der Waals surface area contributed by atoms with Crippen LogP contribution in [0.3, 0.4) is 0 Å². The van der Waals surface area contributed by atoms with Gasteiger partial charge in [0, 0.05) is 30.7 Å². The molecule has 116 valence electrons. The van der Waals surface area contributed by atoms with Crippen molar-refractivity contribution in [3.05, 3.63) is 46.8 Å². The fourth-order valence-electron chi connectivity index (χ4n) is 2.35. The average molecular weight is 312 g/mol. The van der Waals surface area contributed by atoms with Crippen LogP contribution < -0.4 is 15.1 Å². The van der Waals surface area contributed by atoms with Gasteiger partial charge in [0.25, 0.3) is 0 Å². The molecule has 0 unspecified atom stereocenters. The summed E-state index contributed by atoms with van der Waals surface area (Å²) in [4.78, 5) is 34.2. The lowest BCUT2D eigenvalue weighted by Crippen LogP contribution is -2.04. The molecule has 0 N–H and O–H groups in total. The van der Waals surface area contributed by atoms with E-state index in [1.54, 1.807) is 24.3 Å². The molecule has 0 atom stereocenters. The summed E-state index contributed by atoms with van der Waals surface area (Å²) in [6.07, 6.45) is 0. The zero-order valence-electron chi connectivity index (χ0n) is 12.4. The largest absolute Gasteiger partial charge is 0.427 e. The smallest absolute Gasteiger partial charge is 0.344 e. The van der Waals surface area contributed by atoms with Crippen LogP contribution in [0.5, 0.6) is 11.5 Å². The van der Waals surface area contributed by atoms with Crippen LogP contribution in [0.15, 0.2) is 45.6 Å². The Morgan fingerprint density at radius 2 is 1.39 bits per heavy atom. The maximum Gasteiger partial charge on any atom is 0.344 e. The Labute approximate surface area is 130 Å². The normalized spacial score (nSPS) is 10.7. The number of esters is 2. The molecule has 0 fully saturated rings. The summed E-state index contributed by atoms with van der Waals surface area (Å²) < 4.78 is 15.2. The summed E-state index contributed by atoms with van der Waals surface area (Å²) in [5, 5.41) is 1.64. The molecule has 23 heavy (non-hydrogen) atoms. The van der Waals surface area contributed by atoms with Crippen molar-refractivity contribution >= 4 is 33.7 Å². The van der Waals surface area contributed by atoms with Crippen molar-refractivity contribution in [1.82, 2.24) is 0 Å². The van der Waals surface area contributed by atoms with Crippen molar-refractivity contribution in [2.75, 3.05) is 0 Å². The first-order valence-corrected chi connectivity index (χ1v) is 6.81. The van der Waals surface area contributed by atoms with Crippen LogP contribution in [-0.4, -0.2) is 11.9 Å². The molecule has 0 aliphatic carbocycles. The third-order valence-corrected chi connectivity index (χ3v) is 3.18. The summed E-state index contributed by atoms with van der Waals surface area (Å²) in [5.41, 5.74) is -0.261. The van der Waals surface area contributed by atoms with Crippen LogP contribution >= 0.6 is 0 Å². The number of rotatable bonds is 2. The molecular formula is C17H12O6. The Morgan fingerprint density at radius 3 is 2.00 bits per heavy atom. The Hall–Kier alpha value is -3.15. The minimum atomic E-state index is -0.568. The van der Waals surface area contributed by atoms with Gasteiger partial charge in [-0.25, -0.2) is 4.79 Å². The predicted molar refractivity (Wildman–Crippen MR) is 82.6 cm³/mol. The average Bonchev–Trinajstić information content (AvgIpc) is 2.46. The van der Waals surface area contributed by atoms with Crippen LogP contribution in [0.1, 0.15) is 13.8 Å². The molecule has 3 rings (SSSR count). The van der Waals surface area contributed by atoms with Gasteiger partial charge in [-0.2, -0.15) is 0 Å². The Kier molecular flexibility index (Phi) is 3.57. The molecule has 0 bridgehead atoms. The van der Waals surface area contributed by atoms with Gasteiger partial charge in [0.1, 0.15) is 17.1 Å². The first-order chi connectivity index (χ1) is 10.9. The Bertz CT molecular complexity index is 999. The Balaban J connectivity index is 2.21. The van der Waals surface area contributed by atoms with E-state index in [0.717, 1.165) is 0 Å². The first kappa shape index (κ1) is 14.8. The van der Waals surface area contributed by atoms with E-state index in [1.807, 2.05) is 0 Å². The highest BCUT2D eigenvalue weighted by Crippen LogP contribution is 2.28. The molecule has 6 nitrogen and oxygen atoms in total. The molecule has 0 aliphatic rings. The highest BCUT2D eigenvalue weighted by atomic mass is 16.5. The van der Waals surface area contributed by atoms with Gasteiger partial charge >= 0.3 is 17.6 Å². The number of carbonyl (C=O) groups is 2. The molecule has 2 aromatic carbocycles. The SMILES string of the molecule is CC(=O)Oc1ccc2c(c1)oc(=O)c1cc(OC(C)=O)ccc12. The quantitative estimate of drug-likeness (QED) is 0.313. The van der Waals surface area contributed by atoms with Crippen molar-refractivity contribution in [1.29, 1.82) is 0 Å². The number of fused-ring (bicyclic) bond motifs is 3. The van der Waals surface area contributed by atoms with E-state index >= 15 is 0 Å². The zero-order valence-corrected chi connectivity index (χ0v) is 12.4. The van der Waals surface area contributed by atoms with Gasteiger partial charge < -0.3 is 13.9 Å². The zero-order chi connectivity index (χ0) is 16.6. The van der Waals surface area contributed by atoms with Crippen molar-refractivity contribution in [2.24, 2.45) is 0 Å². The second-order valence-electron chi connectivity index (χ2n) is 4.94. The van der Waals surface area contributed by atoms with Gasteiger partial charge in [-0.15, -0.1) is 0 Å². The van der Waals surface area contributed by atoms with Gasteiger partial charge in [-0.1, -0.05) is 0 Å². The van der Waals surface area contributed by atoms with E-state index in [-0.39, 0.29) is 5.75 Å². The van der Waals surface area contributed by atoms with Crippen molar-refractivity contribution in [3.8, 4) is 11.5 Å². The fourth-order valence-corrected chi connectivity index (χ4v) is 2.35. The van der Waals surface area contributed by atoms with Crippen LogP contribution in [0.2, 0.25) is 0 Å². The maximum absolute atomic E-state index is 12.1. The number of carbonyl (C=O) groups excluding carboxylic acids is 2. The second-order valence-corrected chi connectivity index (χ2v) is 4.94. The molecule has 0 aliphatic heterocycles. The van der Waals surface area contributed by atoms with E-state index in [0.29, 0.717) is 27.5 Å². The van der Waals surface area contributed by atoms with Crippen LogP contribution in [0.4, 0.5) is 0 Å². The maximum atomic E-state index is 12.1.